The molecule has 0 N–H and O–H groups in total. The van der Waals surface area contributed by atoms with Crippen molar-refractivity contribution in [3.8, 4) is 46.0 Å². The number of benzene rings is 8. The molecule has 8 aromatic carbocycles. The predicted molar refractivity (Wildman–Crippen MR) is 559 cm³/mol. The van der Waals surface area contributed by atoms with Crippen molar-refractivity contribution >= 4 is 92.8 Å². The molecular weight excluding hydrogens is 1780 g/mol. The monoisotopic (exact) mass is 1930 g/mol. The molecule has 0 amide bonds. The lowest BCUT2D eigenvalue weighted by Gasteiger charge is -2.24. The Morgan fingerprint density at radius 2 is 0.292 bits per heavy atom. The summed E-state index contributed by atoms with van der Waals surface area (Å²) in [5.74, 6) is 9.57. The maximum absolute atomic E-state index is 7.42. The lowest BCUT2D eigenvalue weighted by molar-refractivity contribution is 0.294. The van der Waals surface area contributed by atoms with Crippen molar-refractivity contribution in [3.63, 3.8) is 0 Å². The number of ether oxygens (including phenoxy) is 8. The topological polar surface area (TPSA) is 73.8 Å². The summed E-state index contributed by atoms with van der Waals surface area (Å²) in [6, 6.07) is 35.9. The second-order valence-corrected chi connectivity index (χ2v) is 38.2. The molecule has 718 valence electrons. The van der Waals surface area contributed by atoms with E-state index in [1.54, 1.807) is 0 Å². The number of unbranched alkanes of at least 4 members (excludes halogenated alkanes) is 24. The van der Waals surface area contributed by atoms with Crippen molar-refractivity contribution in [2.24, 2.45) is 0 Å². The van der Waals surface area contributed by atoms with Crippen LogP contribution in [-0.4, -0.2) is 52.9 Å². The zero-order valence-corrected chi connectivity index (χ0v) is 87.2. The minimum absolute atomic E-state index is 0.281. The van der Waals surface area contributed by atoms with Gasteiger partial charge >= 0.3 is 0 Å². The summed E-state index contributed by atoms with van der Waals surface area (Å²) in [5, 5.41) is 0. The zero-order valence-electron chi connectivity index (χ0n) is 81.1. The first-order chi connectivity index (χ1) is 63.7. The van der Waals surface area contributed by atoms with Crippen molar-refractivity contribution in [2.75, 3.05) is 52.9 Å². The van der Waals surface area contributed by atoms with Crippen LogP contribution in [0, 0.1) is 6.92 Å². The van der Waals surface area contributed by atoms with E-state index >= 15 is 0 Å². The van der Waals surface area contributed by atoms with Crippen LogP contribution in [0.2, 0.25) is 0 Å². The fourth-order valence-corrected chi connectivity index (χ4v) is 19.2. The molecule has 8 aromatic rings. The quantitative estimate of drug-likeness (QED) is 0.0276. The van der Waals surface area contributed by atoms with E-state index in [9.17, 15) is 0 Å². The molecule has 0 heterocycles. The highest BCUT2D eigenvalue weighted by Gasteiger charge is 2.28. The van der Waals surface area contributed by atoms with Crippen molar-refractivity contribution in [1.82, 2.24) is 0 Å². The third kappa shape index (κ3) is 35.9. The summed E-state index contributed by atoms with van der Waals surface area (Å²) in [6.07, 6.45) is 38.6. The van der Waals surface area contributed by atoms with Gasteiger partial charge in [-0.05, 0) is 198 Å². The Bertz CT molecular complexity index is 4540. The van der Waals surface area contributed by atoms with Crippen LogP contribution in [0.1, 0.15) is 401 Å². The maximum atomic E-state index is 7.42. The zero-order chi connectivity index (χ0) is 93.0. The van der Waals surface area contributed by atoms with Crippen molar-refractivity contribution in [2.45, 2.75) is 373 Å². The van der Waals surface area contributed by atoms with Crippen LogP contribution >= 0.6 is 92.8 Å². The third-order valence-electron chi connectivity index (χ3n) is 24.8. The van der Waals surface area contributed by atoms with E-state index in [4.69, 9.17) is 131 Å². The Morgan fingerprint density at radius 3 is 0.438 bits per heavy atom. The van der Waals surface area contributed by atoms with Gasteiger partial charge in [-0.3, -0.25) is 0 Å². The van der Waals surface area contributed by atoms with Gasteiger partial charge in [-0.15, -0.1) is 92.8 Å². The van der Waals surface area contributed by atoms with Gasteiger partial charge in [0.25, 0.3) is 0 Å². The van der Waals surface area contributed by atoms with Crippen molar-refractivity contribution in [1.29, 1.82) is 0 Å². The number of aryl methyl sites for hydroxylation is 2. The van der Waals surface area contributed by atoms with Crippen LogP contribution in [0.3, 0.4) is 0 Å². The van der Waals surface area contributed by atoms with Gasteiger partial charge in [-0.25, -0.2) is 0 Å². The number of hydrogen-bond acceptors (Lipinski definition) is 8. The fraction of sp³-hybridized carbons (Fsp3) is 0.579. The Labute approximate surface area is 826 Å². The molecule has 0 fully saturated rings. The Balaban J connectivity index is 1.32. The standard InChI is InChI=1S/C114H158Cl8O8/c1-11-20-28-36-44-123-107-83(10)52-84(75-115)54-93(107)68-95-56-86(77-117)58-97(109(95)125-46-38-30-22-13-3)70-99-60-88(79-119)62-101(111(99)127-48-40-32-24-15-5)72-103-64-90(81-121)66-105(113(103)129-50-42-34-26-17-7)74-106-67-91(82-122)65-104(114(106)130-51-43-35-27-18-8)73-102-63-89(80-120)61-100(112(102)128-49-41-33-25-16-6)71-98-59-87(78-118)57-96(110(98)126-47-39-31-23-14-4)69-94-55-85(76-116)53-92(19-9)108(94)124-45-37-29-21-12-2/h52-67H,11-51,68-82H2,1-10H3. The SMILES string of the molecule is CCCCCCOc1c(C)cc(CCl)cc1Cc1cc(CCl)cc(Cc2cc(CCl)cc(Cc3cc(CCl)cc(Cc4cc(CCl)cc(Cc5cc(CCl)cc(Cc6cc(CCl)cc(Cc7cc(CCl)cc(CC)c7OCCCCCC)c6OCCCCCC)c5OCCCCCC)c4OCCCCCC)c3OCCCCCC)c2OCCCCCC)c1OCCCCCC. The van der Waals surface area contributed by atoms with Crippen LogP contribution in [0.25, 0.3) is 0 Å². The molecule has 8 rings (SSSR count). The van der Waals surface area contributed by atoms with Crippen LogP contribution in [0.4, 0.5) is 0 Å². The molecule has 0 bridgehead atoms. The lowest BCUT2D eigenvalue weighted by atomic mass is 9.89. The molecule has 0 radical (unpaired) electrons. The minimum atomic E-state index is 0.281. The van der Waals surface area contributed by atoms with Crippen LogP contribution in [0.5, 0.6) is 46.0 Å². The van der Waals surface area contributed by atoms with Crippen LogP contribution in [-0.2, 0) is 98.4 Å². The number of alkyl halides is 8. The van der Waals surface area contributed by atoms with Gasteiger partial charge in [0.15, 0.2) is 0 Å². The predicted octanol–water partition coefficient (Wildman–Crippen LogP) is 35.3. The van der Waals surface area contributed by atoms with E-state index in [1.807, 2.05) is 0 Å². The average molecular weight is 1940 g/mol. The summed E-state index contributed by atoms with van der Waals surface area (Å²) in [7, 11) is 0. The van der Waals surface area contributed by atoms with Gasteiger partial charge in [0.2, 0.25) is 0 Å². The maximum Gasteiger partial charge on any atom is 0.126 e. The fourth-order valence-electron chi connectivity index (χ4n) is 18.0. The summed E-state index contributed by atoms with van der Waals surface area (Å²) in [4.78, 5) is 0. The Kier molecular flexibility index (Phi) is 53.8. The number of hydrogen-bond donors (Lipinski definition) is 0. The summed E-state index contributed by atoms with van der Waals surface area (Å²) in [5.41, 5.74) is 25.0. The lowest BCUT2D eigenvalue weighted by Crippen LogP contribution is -2.11. The highest BCUT2D eigenvalue weighted by Crippen LogP contribution is 2.45. The van der Waals surface area contributed by atoms with Gasteiger partial charge in [0.05, 0.1) is 52.9 Å². The summed E-state index contributed by atoms with van der Waals surface area (Å²) >= 11 is 56.5. The Morgan fingerprint density at radius 1 is 0.162 bits per heavy atom. The van der Waals surface area contributed by atoms with E-state index in [0.29, 0.717) is 133 Å². The Hall–Kier alpha value is -5.52. The molecule has 16 heteroatoms. The molecule has 0 spiro atoms. The molecule has 0 atom stereocenters. The highest BCUT2D eigenvalue weighted by molar-refractivity contribution is 6.19. The highest BCUT2D eigenvalue weighted by atomic mass is 35.5. The average Bonchev–Trinajstić information content (AvgIpc) is 0.780. The summed E-state index contributed by atoms with van der Waals surface area (Å²) in [6.45, 7) is 27.0. The van der Waals surface area contributed by atoms with E-state index in [2.05, 4.69) is 166 Å². The molecular formula is C114H158Cl8O8. The second kappa shape index (κ2) is 63.7. The molecule has 0 saturated heterocycles. The van der Waals surface area contributed by atoms with E-state index < -0.39 is 0 Å². The van der Waals surface area contributed by atoms with Gasteiger partial charge in [-0.1, -0.05) is 313 Å². The van der Waals surface area contributed by atoms with Crippen molar-refractivity contribution in [3.05, 3.63) is 231 Å². The van der Waals surface area contributed by atoms with E-state index in [-0.39, 0.29) is 11.8 Å². The van der Waals surface area contributed by atoms with Gasteiger partial charge in [0.1, 0.15) is 46.0 Å². The van der Waals surface area contributed by atoms with Gasteiger partial charge in [-0.2, -0.15) is 0 Å². The molecule has 8 nitrogen and oxygen atoms in total. The molecule has 0 aliphatic rings. The molecule has 0 unspecified atom stereocenters. The molecule has 0 aliphatic carbocycles. The van der Waals surface area contributed by atoms with Crippen LogP contribution < -0.4 is 37.9 Å². The molecule has 130 heavy (non-hydrogen) atoms. The smallest absolute Gasteiger partial charge is 0.126 e. The first kappa shape index (κ1) is 110. The first-order valence-electron chi connectivity index (χ1n) is 50.3. The molecule has 0 aromatic heterocycles. The van der Waals surface area contributed by atoms with Crippen LogP contribution in [0.15, 0.2) is 97.1 Å². The molecule has 0 saturated carbocycles. The third-order valence-corrected chi connectivity index (χ3v) is 27.2. The van der Waals surface area contributed by atoms with Gasteiger partial charge in [0, 0.05) is 92.0 Å². The normalized spacial score (nSPS) is 11.5. The largest absolute Gasteiger partial charge is 0.493 e. The second-order valence-electron chi connectivity index (χ2n) is 36.0. The summed E-state index contributed by atoms with van der Waals surface area (Å²) < 4.78 is 57.7. The van der Waals surface area contributed by atoms with Crippen molar-refractivity contribution < 1.29 is 37.9 Å². The van der Waals surface area contributed by atoms with E-state index in [1.165, 1.54) is 18.4 Å². The molecule has 0 aliphatic heterocycles. The van der Waals surface area contributed by atoms with Gasteiger partial charge < -0.3 is 37.9 Å². The number of halogens is 8. The number of rotatable bonds is 71. The van der Waals surface area contributed by atoms with E-state index in [0.717, 1.165) is 373 Å². The first-order valence-corrected chi connectivity index (χ1v) is 54.6. The minimum Gasteiger partial charge on any atom is -0.493 e.